The number of unbranched alkanes of at least 4 members (excludes halogenated alkanes) is 1. The summed E-state index contributed by atoms with van der Waals surface area (Å²) in [6, 6.07) is -1.79. The Balaban J connectivity index is 4.36. The van der Waals surface area contributed by atoms with Crippen LogP contribution in [0, 0.1) is 0 Å². The van der Waals surface area contributed by atoms with Gasteiger partial charge in [0.2, 0.25) is 11.8 Å². The third-order valence-corrected chi connectivity index (χ3v) is 3.72. The molecule has 8 nitrogen and oxygen atoms in total. The lowest BCUT2D eigenvalue weighted by Gasteiger charge is -2.18. The zero-order valence-corrected chi connectivity index (χ0v) is 12.5. The molecule has 0 aromatic carbocycles. The van der Waals surface area contributed by atoms with Crippen molar-refractivity contribution in [1.29, 1.82) is 0 Å². The summed E-state index contributed by atoms with van der Waals surface area (Å²) in [5, 5.41) is 2.38. The molecule has 0 aromatic heterocycles. The van der Waals surface area contributed by atoms with E-state index in [1.807, 2.05) is 0 Å². The van der Waals surface area contributed by atoms with Crippen LogP contribution in [0.15, 0.2) is 0 Å². The molecule has 2 atom stereocenters. The second-order valence-corrected chi connectivity index (χ2v) is 7.03. The van der Waals surface area contributed by atoms with E-state index in [9.17, 15) is 18.0 Å². The number of carbonyl (C=O) groups excluding carboxylic acids is 2. The number of nitrogens with one attached hydrogen (secondary N) is 1. The Hall–Kier alpha value is -1.19. The predicted octanol–water partition coefficient (Wildman–Crippen LogP) is -2.15. The number of amides is 2. The maximum atomic E-state index is 11.8. The maximum Gasteiger partial charge on any atom is 0.240 e. The topological polar surface area (TPSA) is 158 Å². The fraction of sp³-hybridized carbons (Fsp3) is 0.818. The van der Waals surface area contributed by atoms with E-state index < -0.39 is 33.7 Å². The molecule has 20 heavy (non-hydrogen) atoms. The monoisotopic (exact) mass is 308 g/mol. The fourth-order valence-corrected chi connectivity index (χ4v) is 2.20. The summed E-state index contributed by atoms with van der Waals surface area (Å²) in [7, 11) is -3.23. The number of hydrogen-bond acceptors (Lipinski definition) is 6. The molecule has 0 heterocycles. The number of nitrogens with two attached hydrogens (primary N) is 3. The molecule has 118 valence electrons. The molecule has 0 aliphatic carbocycles. The first-order valence-electron chi connectivity index (χ1n) is 6.40. The Labute approximate surface area is 119 Å². The van der Waals surface area contributed by atoms with Crippen LogP contribution in [0.3, 0.4) is 0 Å². The zero-order chi connectivity index (χ0) is 15.8. The Morgan fingerprint density at radius 2 is 1.80 bits per heavy atom. The molecule has 2 amide bonds. The molecule has 0 fully saturated rings. The van der Waals surface area contributed by atoms with Crippen molar-refractivity contribution in [2.24, 2.45) is 17.2 Å². The number of sulfone groups is 1. The van der Waals surface area contributed by atoms with Crippen LogP contribution in [0.2, 0.25) is 0 Å². The van der Waals surface area contributed by atoms with Crippen LogP contribution in [0.1, 0.15) is 25.7 Å². The summed E-state index contributed by atoms with van der Waals surface area (Å²) >= 11 is 0. The molecular weight excluding hydrogens is 284 g/mol. The minimum atomic E-state index is -3.23. The molecule has 0 aliphatic rings. The predicted molar refractivity (Wildman–Crippen MR) is 76.3 cm³/mol. The summed E-state index contributed by atoms with van der Waals surface area (Å²) in [6.07, 6.45) is 2.89. The van der Waals surface area contributed by atoms with Crippen LogP contribution < -0.4 is 22.5 Å². The van der Waals surface area contributed by atoms with Crippen molar-refractivity contribution in [3.05, 3.63) is 0 Å². The third-order valence-electron chi connectivity index (χ3n) is 2.74. The average Bonchev–Trinajstić information content (AvgIpc) is 2.32. The first kappa shape index (κ1) is 18.8. The number of primary amides is 1. The molecule has 7 N–H and O–H groups in total. The van der Waals surface area contributed by atoms with Crippen LogP contribution in [-0.2, 0) is 19.4 Å². The van der Waals surface area contributed by atoms with Crippen molar-refractivity contribution in [2.75, 3.05) is 18.6 Å². The zero-order valence-electron chi connectivity index (χ0n) is 11.7. The van der Waals surface area contributed by atoms with Gasteiger partial charge in [0.05, 0.1) is 11.8 Å². The van der Waals surface area contributed by atoms with Crippen molar-refractivity contribution >= 4 is 21.7 Å². The molecule has 0 bridgehead atoms. The lowest BCUT2D eigenvalue weighted by atomic mass is 10.1. The van der Waals surface area contributed by atoms with Crippen LogP contribution in [0.4, 0.5) is 0 Å². The van der Waals surface area contributed by atoms with Gasteiger partial charge in [0.1, 0.15) is 15.9 Å². The van der Waals surface area contributed by atoms with E-state index >= 15 is 0 Å². The summed E-state index contributed by atoms with van der Waals surface area (Å²) in [5.74, 6) is -1.53. The van der Waals surface area contributed by atoms with Crippen molar-refractivity contribution in [2.45, 2.75) is 37.8 Å². The minimum Gasteiger partial charge on any atom is -0.368 e. The summed E-state index contributed by atoms with van der Waals surface area (Å²) < 4.78 is 22.1. The molecule has 0 radical (unpaired) electrons. The van der Waals surface area contributed by atoms with Crippen LogP contribution in [-0.4, -0.2) is 50.9 Å². The normalized spacial score (nSPS) is 14.6. The highest BCUT2D eigenvalue weighted by Crippen LogP contribution is 2.01. The van der Waals surface area contributed by atoms with Gasteiger partial charge >= 0.3 is 0 Å². The fourth-order valence-electron chi connectivity index (χ4n) is 1.54. The van der Waals surface area contributed by atoms with E-state index in [0.29, 0.717) is 19.4 Å². The van der Waals surface area contributed by atoms with Gasteiger partial charge in [-0.3, -0.25) is 9.59 Å². The van der Waals surface area contributed by atoms with Gasteiger partial charge in [0.15, 0.2) is 0 Å². The van der Waals surface area contributed by atoms with Gasteiger partial charge < -0.3 is 22.5 Å². The van der Waals surface area contributed by atoms with Crippen molar-refractivity contribution in [3.63, 3.8) is 0 Å². The largest absolute Gasteiger partial charge is 0.368 e. The van der Waals surface area contributed by atoms with E-state index in [4.69, 9.17) is 17.2 Å². The molecule has 0 aromatic rings. The summed E-state index contributed by atoms with van der Waals surface area (Å²) in [4.78, 5) is 22.9. The Bertz CT molecular complexity index is 424. The van der Waals surface area contributed by atoms with Crippen molar-refractivity contribution in [3.8, 4) is 0 Å². The first-order valence-corrected chi connectivity index (χ1v) is 8.46. The Morgan fingerprint density at radius 3 is 2.25 bits per heavy atom. The minimum absolute atomic E-state index is 0.0601. The van der Waals surface area contributed by atoms with E-state index in [1.54, 1.807) is 0 Å². The van der Waals surface area contributed by atoms with Gasteiger partial charge in [0, 0.05) is 6.26 Å². The van der Waals surface area contributed by atoms with E-state index in [1.165, 1.54) is 0 Å². The average molecular weight is 308 g/mol. The molecular formula is C11H24N4O4S. The Morgan fingerprint density at radius 1 is 1.20 bits per heavy atom. The van der Waals surface area contributed by atoms with E-state index in [0.717, 1.165) is 12.7 Å². The molecule has 2 unspecified atom stereocenters. The molecule has 0 saturated heterocycles. The standard InChI is InChI=1S/C11H24N4O4S/c1-20(18,19)7-5-9(10(14)16)15-11(17)8(13)4-2-3-6-12/h8-9H,2-7,12-13H2,1H3,(H2,14,16)(H,15,17). The highest BCUT2D eigenvalue weighted by molar-refractivity contribution is 7.90. The highest BCUT2D eigenvalue weighted by Gasteiger charge is 2.22. The van der Waals surface area contributed by atoms with Gasteiger partial charge in [-0.2, -0.15) is 0 Å². The lowest BCUT2D eigenvalue weighted by Crippen LogP contribution is -2.50. The van der Waals surface area contributed by atoms with Crippen molar-refractivity contribution in [1.82, 2.24) is 5.32 Å². The summed E-state index contributed by atoms with van der Waals surface area (Å²) in [5.41, 5.74) is 16.1. The van der Waals surface area contributed by atoms with E-state index in [-0.39, 0.29) is 12.2 Å². The second-order valence-electron chi connectivity index (χ2n) is 4.77. The lowest BCUT2D eigenvalue weighted by molar-refractivity contribution is -0.128. The SMILES string of the molecule is CS(=O)(=O)CCC(NC(=O)C(N)CCCCN)C(N)=O. The third kappa shape index (κ3) is 8.83. The van der Waals surface area contributed by atoms with Gasteiger partial charge in [0.25, 0.3) is 0 Å². The molecule has 0 saturated carbocycles. The van der Waals surface area contributed by atoms with Crippen LogP contribution in [0.5, 0.6) is 0 Å². The molecule has 0 aliphatic heterocycles. The van der Waals surface area contributed by atoms with Gasteiger partial charge in [-0.05, 0) is 25.8 Å². The van der Waals surface area contributed by atoms with Crippen LogP contribution in [0.25, 0.3) is 0 Å². The number of carbonyl (C=O) groups is 2. The summed E-state index contributed by atoms with van der Waals surface area (Å²) in [6.45, 7) is 0.520. The van der Waals surface area contributed by atoms with Gasteiger partial charge in [-0.1, -0.05) is 6.42 Å². The van der Waals surface area contributed by atoms with Crippen LogP contribution >= 0.6 is 0 Å². The van der Waals surface area contributed by atoms with Crippen molar-refractivity contribution < 1.29 is 18.0 Å². The second kappa shape index (κ2) is 8.88. The number of hydrogen-bond donors (Lipinski definition) is 4. The first-order chi connectivity index (χ1) is 9.17. The maximum absolute atomic E-state index is 11.8. The quantitative estimate of drug-likeness (QED) is 0.337. The molecule has 9 heteroatoms. The number of rotatable bonds is 10. The highest BCUT2D eigenvalue weighted by atomic mass is 32.2. The van der Waals surface area contributed by atoms with E-state index in [2.05, 4.69) is 5.32 Å². The molecule has 0 rings (SSSR count). The molecule has 0 spiro atoms. The Kier molecular flexibility index (Phi) is 8.35. The smallest absolute Gasteiger partial charge is 0.240 e. The van der Waals surface area contributed by atoms with Gasteiger partial charge in [-0.15, -0.1) is 0 Å². The van der Waals surface area contributed by atoms with Gasteiger partial charge in [-0.25, -0.2) is 8.42 Å².